The summed E-state index contributed by atoms with van der Waals surface area (Å²) in [6.07, 6.45) is 8.13. The van der Waals surface area contributed by atoms with E-state index in [0.29, 0.717) is 11.8 Å². The lowest BCUT2D eigenvalue weighted by atomic mass is 9.95. The van der Waals surface area contributed by atoms with Crippen LogP contribution in [0.2, 0.25) is 0 Å². The molecule has 136 valence electrons. The molecular weight excluding hydrogens is 433 g/mol. The number of hydrogen-bond donors (Lipinski definition) is 3. The van der Waals surface area contributed by atoms with Crippen LogP contribution in [0.4, 0.5) is 0 Å². The van der Waals surface area contributed by atoms with Crippen molar-refractivity contribution in [3.8, 4) is 5.75 Å². The van der Waals surface area contributed by atoms with Gasteiger partial charge >= 0.3 is 0 Å². The lowest BCUT2D eigenvalue weighted by Crippen LogP contribution is -2.45. The third-order valence-electron chi connectivity index (χ3n) is 4.23. The minimum absolute atomic E-state index is 0. The predicted molar refractivity (Wildman–Crippen MR) is 116 cm³/mol. The molecular formula is C18H30IN3OS. The van der Waals surface area contributed by atoms with Gasteiger partial charge in [-0.3, -0.25) is 4.99 Å². The van der Waals surface area contributed by atoms with Crippen LogP contribution in [0.25, 0.3) is 0 Å². The van der Waals surface area contributed by atoms with Crippen molar-refractivity contribution in [3.05, 3.63) is 29.8 Å². The van der Waals surface area contributed by atoms with E-state index >= 15 is 0 Å². The van der Waals surface area contributed by atoms with Crippen molar-refractivity contribution in [3.63, 3.8) is 0 Å². The molecule has 0 aromatic heterocycles. The molecule has 1 fully saturated rings. The van der Waals surface area contributed by atoms with Crippen molar-refractivity contribution < 1.29 is 5.11 Å². The number of rotatable bonds is 6. The van der Waals surface area contributed by atoms with Crippen LogP contribution in [-0.4, -0.2) is 41.7 Å². The average Bonchev–Trinajstić information content (AvgIpc) is 2.55. The van der Waals surface area contributed by atoms with E-state index < -0.39 is 0 Å². The fourth-order valence-electron chi connectivity index (χ4n) is 3.01. The van der Waals surface area contributed by atoms with Crippen LogP contribution in [0, 0.1) is 0 Å². The van der Waals surface area contributed by atoms with Crippen molar-refractivity contribution in [1.29, 1.82) is 0 Å². The molecule has 0 bridgehead atoms. The van der Waals surface area contributed by atoms with Crippen molar-refractivity contribution >= 4 is 41.7 Å². The molecule has 0 heterocycles. The first kappa shape index (κ1) is 21.4. The number of phenols is 1. The number of aliphatic imine (C=N–C) groups is 1. The molecule has 0 amide bonds. The molecule has 4 nitrogen and oxygen atoms in total. The van der Waals surface area contributed by atoms with Crippen molar-refractivity contribution in [2.24, 2.45) is 4.99 Å². The van der Waals surface area contributed by atoms with Gasteiger partial charge in [-0.1, -0.05) is 18.6 Å². The topological polar surface area (TPSA) is 56.7 Å². The summed E-state index contributed by atoms with van der Waals surface area (Å²) >= 11 is 1.98. The first-order valence-electron chi connectivity index (χ1n) is 8.56. The molecule has 0 aliphatic heterocycles. The van der Waals surface area contributed by atoms with Gasteiger partial charge in [-0.25, -0.2) is 0 Å². The standard InChI is InChI=1S/C18H29N3OS.HI/c1-3-19-18(21-15-7-5-9-17(13-15)23-2)20-11-10-14-6-4-8-16(22)12-14;/h4,6,8,12,15,17,22H,3,5,7,9-11,13H2,1-2H3,(H2,19,20,21);1H. The third kappa shape index (κ3) is 7.51. The van der Waals surface area contributed by atoms with Crippen LogP contribution in [0.15, 0.2) is 29.3 Å². The maximum absolute atomic E-state index is 9.51. The second-order valence-corrected chi connectivity index (χ2v) is 7.18. The number of thioether (sulfide) groups is 1. The van der Waals surface area contributed by atoms with Crippen molar-refractivity contribution in [1.82, 2.24) is 10.6 Å². The van der Waals surface area contributed by atoms with Gasteiger partial charge in [0.25, 0.3) is 0 Å². The Kier molecular flexibility index (Phi) is 10.6. The molecule has 6 heteroatoms. The highest BCUT2D eigenvalue weighted by Crippen LogP contribution is 2.26. The van der Waals surface area contributed by atoms with Crippen LogP contribution >= 0.6 is 35.7 Å². The maximum Gasteiger partial charge on any atom is 0.191 e. The van der Waals surface area contributed by atoms with Crippen LogP contribution < -0.4 is 10.6 Å². The Bertz CT molecular complexity index is 513. The van der Waals surface area contributed by atoms with E-state index in [-0.39, 0.29) is 24.0 Å². The highest BCUT2D eigenvalue weighted by molar-refractivity contribution is 14.0. The largest absolute Gasteiger partial charge is 0.508 e. The van der Waals surface area contributed by atoms with Crippen LogP contribution in [0.3, 0.4) is 0 Å². The smallest absolute Gasteiger partial charge is 0.191 e. The third-order valence-corrected chi connectivity index (χ3v) is 5.32. The molecule has 1 saturated carbocycles. The predicted octanol–water partition coefficient (Wildman–Crippen LogP) is 3.78. The molecule has 0 saturated heterocycles. The van der Waals surface area contributed by atoms with Gasteiger partial charge in [0.15, 0.2) is 5.96 Å². The molecule has 1 aromatic carbocycles. The zero-order valence-electron chi connectivity index (χ0n) is 14.6. The number of aromatic hydroxyl groups is 1. The lowest BCUT2D eigenvalue weighted by Gasteiger charge is -2.29. The summed E-state index contributed by atoms with van der Waals surface area (Å²) in [7, 11) is 0. The molecule has 1 aliphatic carbocycles. The number of phenolic OH excluding ortho intramolecular Hbond substituents is 1. The molecule has 0 spiro atoms. The van der Waals surface area contributed by atoms with E-state index in [0.717, 1.165) is 36.3 Å². The first-order valence-corrected chi connectivity index (χ1v) is 9.85. The zero-order chi connectivity index (χ0) is 16.5. The molecule has 2 rings (SSSR count). The Labute approximate surface area is 167 Å². The number of halogens is 1. The van der Waals surface area contributed by atoms with E-state index in [2.05, 4.69) is 28.8 Å². The van der Waals surface area contributed by atoms with Crippen LogP contribution in [-0.2, 0) is 6.42 Å². The van der Waals surface area contributed by atoms with Gasteiger partial charge in [-0.05, 0) is 56.6 Å². The summed E-state index contributed by atoms with van der Waals surface area (Å²) in [5, 5.41) is 17.2. The summed E-state index contributed by atoms with van der Waals surface area (Å²) in [5.74, 6) is 1.24. The fourth-order valence-corrected chi connectivity index (χ4v) is 3.84. The van der Waals surface area contributed by atoms with Gasteiger partial charge in [0.2, 0.25) is 0 Å². The monoisotopic (exact) mass is 463 g/mol. The summed E-state index contributed by atoms with van der Waals surface area (Å²) < 4.78 is 0. The Morgan fingerprint density at radius 2 is 2.21 bits per heavy atom. The Balaban J connectivity index is 0.00000288. The number of nitrogens with one attached hydrogen (secondary N) is 2. The van der Waals surface area contributed by atoms with Gasteiger partial charge in [0.1, 0.15) is 5.75 Å². The van der Waals surface area contributed by atoms with Crippen LogP contribution in [0.5, 0.6) is 5.75 Å². The van der Waals surface area contributed by atoms with Gasteiger partial charge in [-0.15, -0.1) is 24.0 Å². The zero-order valence-corrected chi connectivity index (χ0v) is 17.8. The summed E-state index contributed by atoms with van der Waals surface area (Å²) in [4.78, 5) is 4.69. The second-order valence-electron chi connectivity index (χ2n) is 6.05. The Morgan fingerprint density at radius 1 is 1.38 bits per heavy atom. The summed E-state index contributed by atoms with van der Waals surface area (Å²) in [6, 6.07) is 7.94. The van der Waals surface area contributed by atoms with Gasteiger partial charge < -0.3 is 15.7 Å². The second kappa shape index (κ2) is 11.8. The highest BCUT2D eigenvalue weighted by atomic mass is 127. The fraction of sp³-hybridized carbons (Fsp3) is 0.611. The van der Waals surface area contributed by atoms with E-state index in [1.54, 1.807) is 12.1 Å². The van der Waals surface area contributed by atoms with Crippen LogP contribution in [0.1, 0.15) is 38.2 Å². The first-order chi connectivity index (χ1) is 11.2. The number of nitrogens with zero attached hydrogens (tertiary/aromatic N) is 1. The van der Waals surface area contributed by atoms with E-state index in [1.807, 2.05) is 23.9 Å². The number of hydrogen-bond acceptors (Lipinski definition) is 3. The van der Waals surface area contributed by atoms with E-state index in [1.165, 1.54) is 25.7 Å². The van der Waals surface area contributed by atoms with Crippen molar-refractivity contribution in [2.75, 3.05) is 19.3 Å². The molecule has 0 radical (unpaired) electrons. The van der Waals surface area contributed by atoms with E-state index in [4.69, 9.17) is 0 Å². The minimum atomic E-state index is 0. The van der Waals surface area contributed by atoms with Crippen molar-refractivity contribution in [2.45, 2.75) is 50.3 Å². The molecule has 3 N–H and O–H groups in total. The Hall–Kier alpha value is -0.630. The maximum atomic E-state index is 9.51. The lowest BCUT2D eigenvalue weighted by molar-refractivity contribution is 0.419. The number of guanidine groups is 1. The minimum Gasteiger partial charge on any atom is -0.508 e. The SMILES string of the molecule is CCNC(=NCCc1cccc(O)c1)NC1CCCC(SC)C1.I. The molecule has 24 heavy (non-hydrogen) atoms. The highest BCUT2D eigenvalue weighted by Gasteiger charge is 2.21. The van der Waals surface area contributed by atoms with Gasteiger partial charge in [-0.2, -0.15) is 11.8 Å². The number of benzene rings is 1. The molecule has 1 aromatic rings. The average molecular weight is 463 g/mol. The summed E-state index contributed by atoms with van der Waals surface area (Å²) in [5.41, 5.74) is 1.12. The van der Waals surface area contributed by atoms with Gasteiger partial charge in [0, 0.05) is 24.4 Å². The van der Waals surface area contributed by atoms with E-state index in [9.17, 15) is 5.11 Å². The molecule has 2 unspecified atom stereocenters. The van der Waals surface area contributed by atoms with Gasteiger partial charge in [0.05, 0.1) is 0 Å². The Morgan fingerprint density at radius 3 is 2.92 bits per heavy atom. The molecule has 1 aliphatic rings. The summed E-state index contributed by atoms with van der Waals surface area (Å²) in [6.45, 7) is 3.69. The normalized spacial score (nSPS) is 21.0. The molecule has 2 atom stereocenters. The quantitative estimate of drug-likeness (QED) is 0.342.